The highest BCUT2D eigenvalue weighted by molar-refractivity contribution is 5.36. The Labute approximate surface area is 69.5 Å². The molecule has 0 spiro atoms. The summed E-state index contributed by atoms with van der Waals surface area (Å²) < 4.78 is 72.8. The van der Waals surface area contributed by atoms with Crippen LogP contribution in [0, 0.1) is 0 Å². The van der Waals surface area contributed by atoms with Gasteiger partial charge in [-0.25, -0.2) is 13.2 Å². The molecule has 6 heteroatoms. The third-order valence-corrected chi connectivity index (χ3v) is 1.50. The van der Waals surface area contributed by atoms with Gasteiger partial charge in [0, 0.05) is 6.42 Å². The van der Waals surface area contributed by atoms with Gasteiger partial charge in [-0.1, -0.05) is 0 Å². The fraction of sp³-hybridized carbons (Fsp3) is 0.429. The summed E-state index contributed by atoms with van der Waals surface area (Å²) in [5.41, 5.74) is -1.87. The molecule has 0 radical (unpaired) electrons. The molecule has 0 fully saturated rings. The van der Waals surface area contributed by atoms with Crippen molar-refractivity contribution in [3.05, 3.63) is 23.3 Å². The van der Waals surface area contributed by atoms with Crippen LogP contribution in [0.2, 0.25) is 0 Å². The smallest absolute Gasteiger partial charge is 0.242 e. The van der Waals surface area contributed by atoms with E-state index in [2.05, 4.69) is 0 Å². The van der Waals surface area contributed by atoms with Crippen LogP contribution in [0.5, 0.6) is 0 Å². The van der Waals surface area contributed by atoms with Gasteiger partial charge in [-0.3, -0.25) is 0 Å². The Kier molecular flexibility index (Phi) is 2.40. The number of hydrogen-bond donors (Lipinski definition) is 0. The summed E-state index contributed by atoms with van der Waals surface area (Å²) in [6.45, 7) is 0. The lowest BCUT2D eigenvalue weighted by Gasteiger charge is -2.16. The van der Waals surface area contributed by atoms with Crippen LogP contribution < -0.4 is 0 Å². The van der Waals surface area contributed by atoms with Crippen molar-refractivity contribution >= 4 is 0 Å². The molecule has 74 valence electrons. The van der Waals surface area contributed by atoms with E-state index in [0.29, 0.717) is 0 Å². The predicted octanol–water partition coefficient (Wildman–Crippen LogP) is 3.37. The van der Waals surface area contributed by atoms with Crippen molar-refractivity contribution in [2.24, 2.45) is 0 Å². The van der Waals surface area contributed by atoms with Crippen molar-refractivity contribution in [1.82, 2.24) is 0 Å². The minimum Gasteiger partial charge on any atom is -0.242 e. The van der Waals surface area contributed by atoms with Crippen molar-refractivity contribution in [3.8, 4) is 0 Å². The highest BCUT2D eigenvalue weighted by atomic mass is 19.4. The quantitative estimate of drug-likeness (QED) is 0.528. The van der Waals surface area contributed by atoms with Crippen LogP contribution in [-0.2, 0) is 0 Å². The Morgan fingerprint density at radius 3 is 2.23 bits per heavy atom. The van der Waals surface area contributed by atoms with Gasteiger partial charge in [0.05, 0.1) is 5.57 Å². The van der Waals surface area contributed by atoms with E-state index >= 15 is 0 Å². The summed E-state index contributed by atoms with van der Waals surface area (Å²) in [4.78, 5) is 0. The zero-order valence-corrected chi connectivity index (χ0v) is 6.13. The maximum absolute atomic E-state index is 12.5. The van der Waals surface area contributed by atoms with Crippen LogP contribution in [-0.4, -0.2) is 12.3 Å². The van der Waals surface area contributed by atoms with Gasteiger partial charge in [-0.15, -0.1) is 0 Å². The molecule has 0 amide bonds. The fourth-order valence-electron chi connectivity index (χ4n) is 0.939. The maximum atomic E-state index is 12.5. The molecule has 1 aliphatic carbocycles. The van der Waals surface area contributed by atoms with Crippen LogP contribution in [0.3, 0.4) is 0 Å². The number of rotatable bonds is 0. The first kappa shape index (κ1) is 10.1. The first-order chi connectivity index (χ1) is 5.82. The third-order valence-electron chi connectivity index (χ3n) is 1.50. The van der Waals surface area contributed by atoms with Crippen molar-refractivity contribution in [2.45, 2.75) is 18.8 Å². The Morgan fingerprint density at radius 1 is 1.23 bits per heavy atom. The van der Waals surface area contributed by atoms with E-state index in [1.165, 1.54) is 0 Å². The minimum absolute atomic E-state index is 0.0401. The molecule has 0 aliphatic heterocycles. The molecule has 0 aromatic rings. The zero-order chi connectivity index (χ0) is 10.2. The fourth-order valence-corrected chi connectivity index (χ4v) is 0.939. The van der Waals surface area contributed by atoms with Crippen LogP contribution in [0.4, 0.5) is 26.3 Å². The summed E-state index contributed by atoms with van der Waals surface area (Å²) in [6, 6.07) is 0. The van der Waals surface area contributed by atoms with Gasteiger partial charge in [0.15, 0.2) is 5.83 Å². The number of halogens is 6. The second kappa shape index (κ2) is 3.08. The molecule has 1 unspecified atom stereocenters. The highest BCUT2D eigenvalue weighted by Gasteiger charge is 2.41. The van der Waals surface area contributed by atoms with Crippen LogP contribution in [0.25, 0.3) is 0 Å². The number of allylic oxidation sites excluding steroid dienone is 4. The molecular weight excluding hydrogens is 198 g/mol. The van der Waals surface area contributed by atoms with Gasteiger partial charge in [-0.2, -0.15) is 13.2 Å². The molecule has 0 aromatic heterocycles. The normalized spacial score (nSPS) is 24.8. The molecule has 0 heterocycles. The van der Waals surface area contributed by atoms with Gasteiger partial charge < -0.3 is 0 Å². The molecule has 1 aliphatic rings. The van der Waals surface area contributed by atoms with Crippen molar-refractivity contribution < 1.29 is 26.3 Å². The molecule has 13 heavy (non-hydrogen) atoms. The van der Waals surface area contributed by atoms with Crippen LogP contribution >= 0.6 is 0 Å². The van der Waals surface area contributed by atoms with E-state index in [1.54, 1.807) is 0 Å². The minimum atomic E-state index is -5.05. The summed E-state index contributed by atoms with van der Waals surface area (Å²) in [7, 11) is 0. The van der Waals surface area contributed by atoms with E-state index in [0.717, 1.165) is 0 Å². The van der Waals surface area contributed by atoms with E-state index in [-0.39, 0.29) is 6.08 Å². The molecular formula is C7H4F6. The SMILES string of the molecule is FC1=C(F)C(C(F)(F)F)=CC(F)C1. The van der Waals surface area contributed by atoms with Crippen LogP contribution in [0.15, 0.2) is 23.3 Å². The lowest BCUT2D eigenvalue weighted by Crippen LogP contribution is -2.18. The molecule has 0 saturated carbocycles. The highest BCUT2D eigenvalue weighted by Crippen LogP contribution is 2.38. The molecule has 0 aromatic carbocycles. The monoisotopic (exact) mass is 202 g/mol. The van der Waals surface area contributed by atoms with E-state index < -0.39 is 36.0 Å². The molecule has 0 bridgehead atoms. The summed E-state index contributed by atoms with van der Waals surface area (Å²) in [6.07, 6.45) is -8.09. The average Bonchev–Trinajstić information content (AvgIpc) is 1.94. The summed E-state index contributed by atoms with van der Waals surface area (Å²) in [5, 5.41) is 0. The molecule has 1 atom stereocenters. The Hall–Kier alpha value is -0.940. The zero-order valence-electron chi connectivity index (χ0n) is 6.13. The third kappa shape index (κ3) is 2.05. The lowest BCUT2D eigenvalue weighted by molar-refractivity contribution is -0.0925. The Balaban J connectivity index is 3.08. The largest absolute Gasteiger partial charge is 0.419 e. The van der Waals surface area contributed by atoms with Crippen molar-refractivity contribution in [3.63, 3.8) is 0 Å². The lowest BCUT2D eigenvalue weighted by atomic mass is 10.0. The van der Waals surface area contributed by atoms with E-state index in [1.807, 2.05) is 0 Å². The standard InChI is InChI=1S/C7H4F6/c8-3-1-4(7(11,12)13)6(10)5(9)2-3/h1,3H,2H2. The van der Waals surface area contributed by atoms with Gasteiger partial charge in [0.25, 0.3) is 0 Å². The van der Waals surface area contributed by atoms with Crippen molar-refractivity contribution in [1.29, 1.82) is 0 Å². The number of alkyl halides is 4. The van der Waals surface area contributed by atoms with Gasteiger partial charge in [-0.05, 0) is 6.08 Å². The molecule has 0 N–H and O–H groups in total. The second-order valence-electron chi connectivity index (χ2n) is 2.52. The van der Waals surface area contributed by atoms with Crippen molar-refractivity contribution in [2.75, 3.05) is 0 Å². The van der Waals surface area contributed by atoms with E-state index in [4.69, 9.17) is 0 Å². The van der Waals surface area contributed by atoms with Gasteiger partial charge in [0.2, 0.25) is 0 Å². The Bertz CT molecular complexity index is 271. The average molecular weight is 202 g/mol. The summed E-state index contributed by atoms with van der Waals surface area (Å²) in [5.74, 6) is -3.70. The molecule has 0 nitrogen and oxygen atoms in total. The first-order valence-corrected chi connectivity index (χ1v) is 3.30. The predicted molar refractivity (Wildman–Crippen MR) is 32.9 cm³/mol. The Morgan fingerprint density at radius 2 is 1.77 bits per heavy atom. The maximum Gasteiger partial charge on any atom is 0.419 e. The molecule has 1 rings (SSSR count). The van der Waals surface area contributed by atoms with Gasteiger partial charge >= 0.3 is 6.18 Å². The first-order valence-electron chi connectivity index (χ1n) is 3.30. The van der Waals surface area contributed by atoms with Crippen LogP contribution in [0.1, 0.15) is 6.42 Å². The van der Waals surface area contributed by atoms with E-state index in [9.17, 15) is 26.3 Å². The van der Waals surface area contributed by atoms with Gasteiger partial charge in [0.1, 0.15) is 12.0 Å². The summed E-state index contributed by atoms with van der Waals surface area (Å²) >= 11 is 0. The second-order valence-corrected chi connectivity index (χ2v) is 2.52. The number of hydrogen-bond acceptors (Lipinski definition) is 0. The topological polar surface area (TPSA) is 0 Å². The molecule has 0 saturated heterocycles.